The summed E-state index contributed by atoms with van der Waals surface area (Å²) in [5.41, 5.74) is -0.569. The third-order valence-corrected chi connectivity index (χ3v) is 5.13. The fraction of sp³-hybridized carbons (Fsp3) is 0.875. The van der Waals surface area contributed by atoms with E-state index in [9.17, 15) is 10.1 Å². The maximum Gasteiger partial charge on any atom is 0.237 e. The molecule has 21 heavy (non-hydrogen) atoms. The molecule has 1 heterocycles. The molecule has 5 heteroatoms. The Kier molecular flexibility index (Phi) is 5.60. The Hall–Kier alpha value is -1.12. The normalized spacial score (nSPS) is 23.5. The first-order valence-corrected chi connectivity index (χ1v) is 8.04. The molecule has 0 aromatic rings. The summed E-state index contributed by atoms with van der Waals surface area (Å²) in [4.78, 5) is 16.4. The van der Waals surface area contributed by atoms with Gasteiger partial charge in [0.05, 0.1) is 18.7 Å². The fourth-order valence-electron chi connectivity index (χ4n) is 3.50. The molecule has 1 saturated heterocycles. The average Bonchev–Trinajstić information content (AvgIpc) is 2.55. The Bertz CT molecular complexity index is 391. The zero-order chi connectivity index (χ0) is 15.3. The lowest BCUT2D eigenvalue weighted by Gasteiger charge is -2.40. The first-order valence-electron chi connectivity index (χ1n) is 8.04. The molecule has 1 amide bonds. The molecule has 5 nitrogen and oxygen atoms in total. The van der Waals surface area contributed by atoms with Gasteiger partial charge in [-0.1, -0.05) is 19.3 Å². The van der Waals surface area contributed by atoms with Gasteiger partial charge in [-0.3, -0.25) is 9.69 Å². The van der Waals surface area contributed by atoms with Gasteiger partial charge < -0.3 is 9.64 Å². The first-order chi connectivity index (χ1) is 10.1. The van der Waals surface area contributed by atoms with Crippen LogP contribution in [-0.4, -0.2) is 61.1 Å². The number of nitrogens with zero attached hydrogens (tertiary/aromatic N) is 3. The number of hydrogen-bond acceptors (Lipinski definition) is 4. The molecule has 0 bridgehead atoms. The van der Waals surface area contributed by atoms with Crippen molar-refractivity contribution in [1.29, 1.82) is 5.26 Å². The lowest BCUT2D eigenvalue weighted by molar-refractivity contribution is -0.136. The third kappa shape index (κ3) is 3.75. The molecule has 0 aromatic heterocycles. The largest absolute Gasteiger partial charge is 0.381 e. The van der Waals surface area contributed by atoms with E-state index in [1.54, 1.807) is 19.1 Å². The molecule has 1 aliphatic carbocycles. The minimum absolute atomic E-state index is 0.0781. The van der Waals surface area contributed by atoms with E-state index in [-0.39, 0.29) is 5.91 Å². The lowest BCUT2D eigenvalue weighted by Crippen LogP contribution is -2.53. The summed E-state index contributed by atoms with van der Waals surface area (Å²) in [7, 11) is 3.55. The highest BCUT2D eigenvalue weighted by Crippen LogP contribution is 2.32. The molecule has 0 unspecified atom stereocenters. The highest BCUT2D eigenvalue weighted by molar-refractivity contribution is 5.79. The SMILES string of the molecule is COC1CCN(CC(=O)N(C)C2(C#N)CCCCC2)CC1. The van der Waals surface area contributed by atoms with E-state index in [2.05, 4.69) is 11.0 Å². The van der Waals surface area contributed by atoms with Gasteiger partial charge in [0.25, 0.3) is 0 Å². The smallest absolute Gasteiger partial charge is 0.237 e. The monoisotopic (exact) mass is 293 g/mol. The Labute approximate surface area is 127 Å². The van der Waals surface area contributed by atoms with Crippen LogP contribution in [0.25, 0.3) is 0 Å². The summed E-state index contributed by atoms with van der Waals surface area (Å²) in [6, 6.07) is 2.42. The maximum absolute atomic E-state index is 12.5. The molecule has 118 valence electrons. The second kappa shape index (κ2) is 7.24. The predicted octanol–water partition coefficient (Wildman–Crippen LogP) is 1.78. The van der Waals surface area contributed by atoms with Crippen LogP contribution in [0.2, 0.25) is 0 Å². The highest BCUT2D eigenvalue weighted by Gasteiger charge is 2.39. The molecule has 0 spiro atoms. The van der Waals surface area contributed by atoms with Crippen LogP contribution < -0.4 is 0 Å². The molecule has 0 N–H and O–H groups in total. The molecule has 0 aromatic carbocycles. The van der Waals surface area contributed by atoms with Gasteiger partial charge in [0, 0.05) is 27.2 Å². The number of methoxy groups -OCH3 is 1. The van der Waals surface area contributed by atoms with Crippen LogP contribution in [0.5, 0.6) is 0 Å². The minimum atomic E-state index is -0.569. The van der Waals surface area contributed by atoms with Gasteiger partial charge in [0.15, 0.2) is 0 Å². The van der Waals surface area contributed by atoms with Crippen molar-refractivity contribution >= 4 is 5.91 Å². The lowest BCUT2D eigenvalue weighted by atomic mass is 9.81. The second-order valence-corrected chi connectivity index (χ2v) is 6.37. The number of ether oxygens (including phenoxy) is 1. The number of nitriles is 1. The van der Waals surface area contributed by atoms with Gasteiger partial charge in [-0.05, 0) is 25.7 Å². The van der Waals surface area contributed by atoms with Crippen LogP contribution in [0.15, 0.2) is 0 Å². The summed E-state index contributed by atoms with van der Waals surface area (Å²) in [6.07, 6.45) is 7.20. The average molecular weight is 293 g/mol. The summed E-state index contributed by atoms with van der Waals surface area (Å²) in [5.74, 6) is 0.0781. The molecule has 1 saturated carbocycles. The van der Waals surface area contributed by atoms with Crippen LogP contribution in [-0.2, 0) is 9.53 Å². The van der Waals surface area contributed by atoms with Gasteiger partial charge in [-0.2, -0.15) is 5.26 Å². The van der Waals surface area contributed by atoms with E-state index in [4.69, 9.17) is 4.74 Å². The quantitative estimate of drug-likeness (QED) is 0.793. The number of hydrogen-bond donors (Lipinski definition) is 0. The van der Waals surface area contributed by atoms with Gasteiger partial charge in [-0.15, -0.1) is 0 Å². The Balaban J connectivity index is 1.89. The van der Waals surface area contributed by atoms with Crippen molar-refractivity contribution in [2.45, 2.75) is 56.6 Å². The van der Waals surface area contributed by atoms with E-state index < -0.39 is 5.54 Å². The minimum Gasteiger partial charge on any atom is -0.381 e. The van der Waals surface area contributed by atoms with E-state index >= 15 is 0 Å². The second-order valence-electron chi connectivity index (χ2n) is 6.37. The van der Waals surface area contributed by atoms with Gasteiger partial charge in [-0.25, -0.2) is 0 Å². The van der Waals surface area contributed by atoms with Gasteiger partial charge in [0.2, 0.25) is 5.91 Å². The van der Waals surface area contributed by atoms with Gasteiger partial charge >= 0.3 is 0 Å². The zero-order valence-corrected chi connectivity index (χ0v) is 13.3. The molecule has 0 atom stereocenters. The summed E-state index contributed by atoms with van der Waals surface area (Å²) < 4.78 is 5.36. The van der Waals surface area contributed by atoms with Crippen molar-refractivity contribution in [3.63, 3.8) is 0 Å². The van der Waals surface area contributed by atoms with E-state index in [0.29, 0.717) is 12.6 Å². The van der Waals surface area contributed by atoms with Crippen molar-refractivity contribution in [2.75, 3.05) is 33.8 Å². The number of amides is 1. The van der Waals surface area contributed by atoms with Crippen molar-refractivity contribution in [1.82, 2.24) is 9.80 Å². The zero-order valence-electron chi connectivity index (χ0n) is 13.3. The van der Waals surface area contributed by atoms with Crippen molar-refractivity contribution in [3.05, 3.63) is 0 Å². The standard InChI is InChI=1S/C16H27N3O2/c1-18(16(13-17)8-4-3-5-9-16)15(20)12-19-10-6-14(21-2)7-11-19/h14H,3-12H2,1-2H3. The number of likely N-dealkylation sites (tertiary alicyclic amines) is 1. The van der Waals surface area contributed by atoms with Crippen LogP contribution in [0.1, 0.15) is 44.9 Å². The number of carbonyl (C=O) groups excluding carboxylic acids is 1. The molecule has 2 fully saturated rings. The Morgan fingerprint density at radius 2 is 1.95 bits per heavy atom. The number of rotatable bonds is 4. The number of likely N-dealkylation sites (N-methyl/N-ethyl adjacent to an activating group) is 1. The van der Waals surface area contributed by atoms with Gasteiger partial charge in [0.1, 0.15) is 5.54 Å². The van der Waals surface area contributed by atoms with Crippen LogP contribution in [0, 0.1) is 11.3 Å². The van der Waals surface area contributed by atoms with Crippen LogP contribution >= 0.6 is 0 Å². The molecule has 1 aliphatic heterocycles. The summed E-state index contributed by atoms with van der Waals surface area (Å²) in [6.45, 7) is 2.23. The first kappa shape index (κ1) is 16.3. The predicted molar refractivity (Wildman–Crippen MR) is 80.7 cm³/mol. The Morgan fingerprint density at radius 3 is 2.48 bits per heavy atom. The Morgan fingerprint density at radius 1 is 1.33 bits per heavy atom. The fourth-order valence-corrected chi connectivity index (χ4v) is 3.50. The topological polar surface area (TPSA) is 56.6 Å². The molecular weight excluding hydrogens is 266 g/mol. The van der Waals surface area contributed by atoms with Crippen LogP contribution in [0.4, 0.5) is 0 Å². The summed E-state index contributed by atoms with van der Waals surface area (Å²) >= 11 is 0. The number of carbonyl (C=O) groups is 1. The highest BCUT2D eigenvalue weighted by atomic mass is 16.5. The van der Waals surface area contributed by atoms with Crippen molar-refractivity contribution < 1.29 is 9.53 Å². The van der Waals surface area contributed by atoms with Crippen molar-refractivity contribution in [3.8, 4) is 6.07 Å². The summed E-state index contributed by atoms with van der Waals surface area (Å²) in [5, 5.41) is 9.56. The number of piperidine rings is 1. The van der Waals surface area contributed by atoms with E-state index in [1.807, 2.05) is 0 Å². The van der Waals surface area contributed by atoms with E-state index in [1.165, 1.54) is 6.42 Å². The molecule has 2 rings (SSSR count). The molecule has 0 radical (unpaired) electrons. The van der Waals surface area contributed by atoms with Crippen LogP contribution in [0.3, 0.4) is 0 Å². The maximum atomic E-state index is 12.5. The molecular formula is C16H27N3O2. The third-order valence-electron chi connectivity index (χ3n) is 5.13. The molecule has 2 aliphatic rings. The van der Waals surface area contributed by atoms with Crippen molar-refractivity contribution in [2.24, 2.45) is 0 Å². The van der Waals surface area contributed by atoms with E-state index in [0.717, 1.165) is 51.6 Å².